The molecule has 25 heavy (non-hydrogen) atoms. The molecule has 0 saturated heterocycles. The fraction of sp³-hybridized carbons (Fsp3) is 0.381. The molecule has 1 aliphatic carbocycles. The first kappa shape index (κ1) is 17.5. The average Bonchev–Trinajstić information content (AvgIpc) is 3.46. The van der Waals surface area contributed by atoms with Gasteiger partial charge in [-0.3, -0.25) is 9.69 Å². The van der Waals surface area contributed by atoms with Gasteiger partial charge in [-0.15, -0.1) is 0 Å². The lowest BCUT2D eigenvalue weighted by Gasteiger charge is -2.22. The zero-order chi connectivity index (χ0) is 17.6. The Morgan fingerprint density at radius 1 is 1.12 bits per heavy atom. The van der Waals surface area contributed by atoms with Gasteiger partial charge in [0.2, 0.25) is 5.91 Å². The summed E-state index contributed by atoms with van der Waals surface area (Å²) in [6.45, 7) is 3.82. The summed E-state index contributed by atoms with van der Waals surface area (Å²) >= 11 is 0. The third kappa shape index (κ3) is 4.83. The molecule has 0 heterocycles. The van der Waals surface area contributed by atoms with Gasteiger partial charge in [-0.2, -0.15) is 0 Å². The predicted octanol–water partition coefficient (Wildman–Crippen LogP) is 3.28. The number of benzene rings is 2. The summed E-state index contributed by atoms with van der Waals surface area (Å²) in [5.41, 5.74) is 3.50. The Balaban J connectivity index is 1.58. The fourth-order valence-corrected chi connectivity index (χ4v) is 3.05. The number of aryl methyl sites for hydroxylation is 1. The van der Waals surface area contributed by atoms with Crippen LogP contribution in [-0.2, 0) is 17.9 Å². The molecule has 0 aliphatic heterocycles. The van der Waals surface area contributed by atoms with E-state index < -0.39 is 0 Å². The van der Waals surface area contributed by atoms with E-state index in [-0.39, 0.29) is 5.91 Å². The summed E-state index contributed by atoms with van der Waals surface area (Å²) in [5, 5.41) is 3.06. The zero-order valence-corrected chi connectivity index (χ0v) is 15.0. The van der Waals surface area contributed by atoms with Crippen LogP contribution in [0, 0.1) is 6.92 Å². The highest BCUT2D eigenvalue weighted by Crippen LogP contribution is 2.30. The third-order valence-corrected chi connectivity index (χ3v) is 4.71. The lowest BCUT2D eigenvalue weighted by molar-refractivity contribution is -0.122. The van der Waals surface area contributed by atoms with Crippen molar-refractivity contribution in [2.45, 2.75) is 38.9 Å². The molecule has 4 heteroatoms. The van der Waals surface area contributed by atoms with Gasteiger partial charge < -0.3 is 10.1 Å². The number of nitrogens with zero attached hydrogens (tertiary/aromatic N) is 1. The SMILES string of the molecule is COc1ccccc1CN(CC(=O)NCc1ccccc1C)C1CC1. The van der Waals surface area contributed by atoms with Gasteiger partial charge in [0.05, 0.1) is 13.7 Å². The van der Waals surface area contributed by atoms with Crippen molar-refractivity contribution in [2.75, 3.05) is 13.7 Å². The van der Waals surface area contributed by atoms with E-state index in [1.807, 2.05) is 30.3 Å². The number of hydrogen-bond donors (Lipinski definition) is 1. The quantitative estimate of drug-likeness (QED) is 0.803. The Kier molecular flexibility index (Phi) is 5.71. The molecule has 0 atom stereocenters. The van der Waals surface area contributed by atoms with Gasteiger partial charge >= 0.3 is 0 Å². The van der Waals surface area contributed by atoms with Crippen LogP contribution in [0.4, 0.5) is 0 Å². The maximum absolute atomic E-state index is 12.4. The van der Waals surface area contributed by atoms with Crippen LogP contribution in [-0.4, -0.2) is 30.5 Å². The van der Waals surface area contributed by atoms with E-state index in [4.69, 9.17) is 4.74 Å². The third-order valence-electron chi connectivity index (χ3n) is 4.71. The van der Waals surface area contributed by atoms with Crippen LogP contribution in [0.25, 0.3) is 0 Å². The number of nitrogens with one attached hydrogen (secondary N) is 1. The smallest absolute Gasteiger partial charge is 0.234 e. The molecular weight excluding hydrogens is 312 g/mol. The van der Waals surface area contributed by atoms with Gasteiger partial charge in [-0.05, 0) is 37.0 Å². The highest BCUT2D eigenvalue weighted by Gasteiger charge is 2.30. The Labute approximate surface area is 149 Å². The Morgan fingerprint density at radius 3 is 2.48 bits per heavy atom. The number of ether oxygens (including phenoxy) is 1. The molecule has 0 aromatic heterocycles. The van der Waals surface area contributed by atoms with Crippen molar-refractivity contribution in [1.82, 2.24) is 10.2 Å². The number of carbonyl (C=O) groups excluding carboxylic acids is 1. The molecule has 1 N–H and O–H groups in total. The molecular formula is C21H26N2O2. The van der Waals surface area contributed by atoms with E-state index in [1.54, 1.807) is 7.11 Å². The fourth-order valence-electron chi connectivity index (χ4n) is 3.05. The number of amides is 1. The minimum atomic E-state index is 0.0741. The standard InChI is InChI=1S/C21H26N2O2/c1-16-7-3-4-8-17(16)13-22-21(24)15-23(19-11-12-19)14-18-9-5-6-10-20(18)25-2/h3-10,19H,11-15H2,1-2H3,(H,22,24). The van der Waals surface area contributed by atoms with Crippen molar-refractivity contribution in [3.63, 3.8) is 0 Å². The number of hydrogen-bond acceptors (Lipinski definition) is 3. The van der Waals surface area contributed by atoms with Crippen molar-refractivity contribution < 1.29 is 9.53 Å². The maximum atomic E-state index is 12.4. The van der Waals surface area contributed by atoms with Crippen LogP contribution < -0.4 is 10.1 Å². The van der Waals surface area contributed by atoms with Crippen molar-refractivity contribution in [1.29, 1.82) is 0 Å². The van der Waals surface area contributed by atoms with E-state index in [0.717, 1.165) is 17.9 Å². The second-order valence-corrected chi connectivity index (χ2v) is 6.65. The monoisotopic (exact) mass is 338 g/mol. The minimum absolute atomic E-state index is 0.0741. The van der Waals surface area contributed by atoms with E-state index in [1.165, 1.54) is 24.0 Å². The first-order valence-corrected chi connectivity index (χ1v) is 8.84. The molecule has 1 aliphatic rings. The maximum Gasteiger partial charge on any atom is 0.234 e. The molecule has 0 unspecified atom stereocenters. The van der Waals surface area contributed by atoms with Gasteiger partial charge in [0.25, 0.3) is 0 Å². The molecule has 1 fully saturated rings. The van der Waals surface area contributed by atoms with Crippen LogP contribution in [0.5, 0.6) is 5.75 Å². The second-order valence-electron chi connectivity index (χ2n) is 6.65. The van der Waals surface area contributed by atoms with E-state index in [9.17, 15) is 4.79 Å². The van der Waals surface area contributed by atoms with E-state index in [0.29, 0.717) is 19.1 Å². The molecule has 1 amide bonds. The summed E-state index contributed by atoms with van der Waals surface area (Å²) in [6, 6.07) is 16.7. The molecule has 0 radical (unpaired) electrons. The summed E-state index contributed by atoms with van der Waals surface area (Å²) in [5.74, 6) is 0.957. The van der Waals surface area contributed by atoms with E-state index >= 15 is 0 Å². The minimum Gasteiger partial charge on any atom is -0.496 e. The normalized spacial score (nSPS) is 13.7. The molecule has 132 valence electrons. The van der Waals surface area contributed by atoms with Gasteiger partial charge in [0.1, 0.15) is 5.75 Å². The summed E-state index contributed by atoms with van der Waals surface area (Å²) in [7, 11) is 1.69. The van der Waals surface area contributed by atoms with Crippen molar-refractivity contribution in [2.24, 2.45) is 0 Å². The van der Waals surface area contributed by atoms with Crippen LogP contribution >= 0.6 is 0 Å². The van der Waals surface area contributed by atoms with Gasteiger partial charge in [-0.25, -0.2) is 0 Å². The molecule has 2 aromatic carbocycles. The highest BCUT2D eigenvalue weighted by atomic mass is 16.5. The first-order chi connectivity index (χ1) is 12.2. The summed E-state index contributed by atoms with van der Waals surface area (Å²) < 4.78 is 5.44. The molecule has 3 rings (SSSR count). The number of methoxy groups -OCH3 is 1. The highest BCUT2D eigenvalue weighted by molar-refractivity contribution is 5.78. The van der Waals surface area contributed by atoms with Crippen molar-refractivity contribution in [3.8, 4) is 5.75 Å². The Bertz CT molecular complexity index is 725. The summed E-state index contributed by atoms with van der Waals surface area (Å²) in [6.07, 6.45) is 2.33. The van der Waals surface area contributed by atoms with Crippen molar-refractivity contribution >= 4 is 5.91 Å². The Morgan fingerprint density at radius 2 is 1.80 bits per heavy atom. The first-order valence-electron chi connectivity index (χ1n) is 8.84. The number of carbonyl (C=O) groups is 1. The number of para-hydroxylation sites is 1. The van der Waals surface area contributed by atoms with Crippen LogP contribution in [0.15, 0.2) is 48.5 Å². The summed E-state index contributed by atoms with van der Waals surface area (Å²) in [4.78, 5) is 14.7. The lowest BCUT2D eigenvalue weighted by Crippen LogP contribution is -2.38. The van der Waals surface area contributed by atoms with Crippen LogP contribution in [0.2, 0.25) is 0 Å². The predicted molar refractivity (Wildman–Crippen MR) is 99.5 cm³/mol. The van der Waals surface area contributed by atoms with Crippen molar-refractivity contribution in [3.05, 3.63) is 65.2 Å². The topological polar surface area (TPSA) is 41.6 Å². The molecule has 2 aromatic rings. The van der Waals surface area contributed by atoms with Crippen LogP contribution in [0.3, 0.4) is 0 Å². The molecule has 0 bridgehead atoms. The zero-order valence-electron chi connectivity index (χ0n) is 15.0. The van der Waals surface area contributed by atoms with Crippen LogP contribution in [0.1, 0.15) is 29.5 Å². The second kappa shape index (κ2) is 8.17. The van der Waals surface area contributed by atoms with E-state index in [2.05, 4.69) is 35.3 Å². The van der Waals surface area contributed by atoms with Gasteiger partial charge in [0.15, 0.2) is 0 Å². The lowest BCUT2D eigenvalue weighted by atomic mass is 10.1. The van der Waals surface area contributed by atoms with Gasteiger partial charge in [0, 0.05) is 24.7 Å². The van der Waals surface area contributed by atoms with Gasteiger partial charge in [-0.1, -0.05) is 42.5 Å². The molecule has 1 saturated carbocycles. The molecule has 0 spiro atoms. The molecule has 4 nitrogen and oxygen atoms in total. The largest absolute Gasteiger partial charge is 0.496 e. The Hall–Kier alpha value is -2.33. The number of rotatable bonds is 8. The average molecular weight is 338 g/mol.